The Morgan fingerprint density at radius 2 is 2.13 bits per heavy atom. The Morgan fingerprint density at radius 1 is 1.22 bits per heavy atom. The van der Waals surface area contributed by atoms with E-state index in [1.165, 1.54) is 18.4 Å². The van der Waals surface area contributed by atoms with E-state index >= 15 is 0 Å². The van der Waals surface area contributed by atoms with Gasteiger partial charge in [-0.25, -0.2) is 4.98 Å². The van der Waals surface area contributed by atoms with Crippen LogP contribution in [0.2, 0.25) is 0 Å². The van der Waals surface area contributed by atoms with Crippen molar-refractivity contribution in [1.29, 1.82) is 0 Å². The second kappa shape index (κ2) is 6.08. The highest BCUT2D eigenvalue weighted by Crippen LogP contribution is 2.26. The number of benzene rings is 1. The van der Waals surface area contributed by atoms with Crippen LogP contribution in [0, 0.1) is 0 Å². The third-order valence-electron chi connectivity index (χ3n) is 4.75. The van der Waals surface area contributed by atoms with Gasteiger partial charge in [0.15, 0.2) is 0 Å². The summed E-state index contributed by atoms with van der Waals surface area (Å²) in [7, 11) is 2.11. The van der Waals surface area contributed by atoms with E-state index in [-0.39, 0.29) is 0 Å². The van der Waals surface area contributed by atoms with E-state index in [4.69, 9.17) is 4.98 Å². The molecule has 3 aromatic rings. The van der Waals surface area contributed by atoms with Crippen LogP contribution in [-0.2, 0) is 13.6 Å². The Morgan fingerprint density at radius 3 is 2.96 bits per heavy atom. The molecule has 118 valence electrons. The molecular weight excluding hydrogens is 286 g/mol. The van der Waals surface area contributed by atoms with Crippen molar-refractivity contribution in [3.05, 3.63) is 54.4 Å². The quantitative estimate of drug-likeness (QED) is 0.746. The first-order chi connectivity index (χ1) is 11.3. The Hall–Kier alpha value is -2.27. The fourth-order valence-electron chi connectivity index (χ4n) is 3.50. The molecule has 5 heteroatoms. The molecule has 1 aliphatic rings. The molecule has 0 N–H and O–H groups in total. The van der Waals surface area contributed by atoms with Crippen molar-refractivity contribution in [2.75, 3.05) is 13.1 Å². The summed E-state index contributed by atoms with van der Waals surface area (Å²) in [6.45, 7) is 3.05. The number of likely N-dealkylation sites (tertiary alicyclic amines) is 1. The van der Waals surface area contributed by atoms with Gasteiger partial charge in [-0.3, -0.25) is 14.9 Å². The average molecular weight is 307 g/mol. The number of aromatic nitrogens is 4. The smallest absolute Gasteiger partial charge is 0.123 e. The number of nitrogens with zero attached hydrogens (tertiary/aromatic N) is 5. The molecule has 0 aliphatic carbocycles. The van der Waals surface area contributed by atoms with Crippen molar-refractivity contribution < 1.29 is 0 Å². The lowest BCUT2D eigenvalue weighted by atomic mass is 9.95. The molecule has 1 fully saturated rings. The zero-order chi connectivity index (χ0) is 15.6. The second-order valence-electron chi connectivity index (χ2n) is 6.28. The maximum atomic E-state index is 4.80. The number of rotatable bonds is 3. The van der Waals surface area contributed by atoms with Crippen molar-refractivity contribution in [1.82, 2.24) is 24.4 Å². The summed E-state index contributed by atoms with van der Waals surface area (Å²) >= 11 is 0. The van der Waals surface area contributed by atoms with E-state index in [2.05, 4.69) is 44.7 Å². The highest BCUT2D eigenvalue weighted by atomic mass is 15.2. The first-order valence-electron chi connectivity index (χ1n) is 8.20. The Kier molecular flexibility index (Phi) is 3.79. The number of hydrogen-bond donors (Lipinski definition) is 0. The number of aryl methyl sites for hydroxylation is 1. The third kappa shape index (κ3) is 2.84. The van der Waals surface area contributed by atoms with Crippen LogP contribution in [0.1, 0.15) is 30.3 Å². The van der Waals surface area contributed by atoms with Gasteiger partial charge in [0.25, 0.3) is 0 Å². The van der Waals surface area contributed by atoms with Crippen molar-refractivity contribution in [2.24, 2.45) is 7.05 Å². The first-order valence-corrected chi connectivity index (χ1v) is 8.20. The van der Waals surface area contributed by atoms with E-state index in [1.807, 2.05) is 12.3 Å². The molecule has 2 aromatic heterocycles. The molecule has 3 heterocycles. The first kappa shape index (κ1) is 14.3. The molecule has 1 unspecified atom stereocenters. The minimum atomic E-state index is 0.479. The summed E-state index contributed by atoms with van der Waals surface area (Å²) in [4.78, 5) is 16.0. The monoisotopic (exact) mass is 307 g/mol. The van der Waals surface area contributed by atoms with Gasteiger partial charge >= 0.3 is 0 Å². The van der Waals surface area contributed by atoms with Crippen molar-refractivity contribution in [3.63, 3.8) is 0 Å². The standard InChI is InChI=1S/C18H21N5/c1-22-17-7-3-2-6-15(17)21-18(22)13-23-10-4-5-14(12-23)16-11-19-8-9-20-16/h2-3,6-9,11,14H,4-5,10,12-13H2,1H3. The largest absolute Gasteiger partial charge is 0.330 e. The molecule has 0 bridgehead atoms. The molecule has 1 aliphatic heterocycles. The van der Waals surface area contributed by atoms with Gasteiger partial charge in [-0.05, 0) is 31.5 Å². The minimum Gasteiger partial charge on any atom is -0.330 e. The highest BCUT2D eigenvalue weighted by molar-refractivity contribution is 5.75. The van der Waals surface area contributed by atoms with Gasteiger partial charge in [0.05, 0.1) is 23.3 Å². The van der Waals surface area contributed by atoms with Crippen molar-refractivity contribution >= 4 is 11.0 Å². The highest BCUT2D eigenvalue weighted by Gasteiger charge is 2.23. The number of fused-ring (bicyclic) bond motifs is 1. The van der Waals surface area contributed by atoms with Gasteiger partial charge in [-0.15, -0.1) is 0 Å². The second-order valence-corrected chi connectivity index (χ2v) is 6.28. The van der Waals surface area contributed by atoms with Gasteiger partial charge in [-0.2, -0.15) is 0 Å². The van der Waals surface area contributed by atoms with Crippen LogP contribution in [0.25, 0.3) is 11.0 Å². The van der Waals surface area contributed by atoms with Gasteiger partial charge in [0.2, 0.25) is 0 Å². The normalized spacial score (nSPS) is 19.3. The zero-order valence-corrected chi connectivity index (χ0v) is 13.4. The number of hydrogen-bond acceptors (Lipinski definition) is 4. The van der Waals surface area contributed by atoms with E-state index in [1.54, 1.807) is 12.4 Å². The Balaban J connectivity index is 1.53. The molecule has 23 heavy (non-hydrogen) atoms. The summed E-state index contributed by atoms with van der Waals surface area (Å²) in [5, 5.41) is 0. The van der Waals surface area contributed by atoms with E-state index in [0.29, 0.717) is 5.92 Å². The van der Waals surface area contributed by atoms with Gasteiger partial charge in [-0.1, -0.05) is 12.1 Å². The molecule has 0 amide bonds. The van der Waals surface area contributed by atoms with Crippen LogP contribution in [0.15, 0.2) is 42.9 Å². The number of para-hydroxylation sites is 2. The fraction of sp³-hybridized carbons (Fsp3) is 0.389. The third-order valence-corrected chi connectivity index (χ3v) is 4.75. The van der Waals surface area contributed by atoms with Crippen LogP contribution < -0.4 is 0 Å². The summed E-state index contributed by atoms with van der Waals surface area (Å²) < 4.78 is 2.21. The van der Waals surface area contributed by atoms with Gasteiger partial charge in [0, 0.05) is 38.1 Å². The summed E-state index contributed by atoms with van der Waals surface area (Å²) in [5.74, 6) is 1.61. The minimum absolute atomic E-state index is 0.479. The maximum Gasteiger partial charge on any atom is 0.123 e. The fourth-order valence-corrected chi connectivity index (χ4v) is 3.50. The molecular formula is C18H21N5. The molecule has 0 saturated carbocycles. The molecule has 1 atom stereocenters. The predicted octanol–water partition coefficient (Wildman–Crippen LogP) is 2.74. The predicted molar refractivity (Wildman–Crippen MR) is 90.0 cm³/mol. The topological polar surface area (TPSA) is 46.8 Å². The lowest BCUT2D eigenvalue weighted by molar-refractivity contribution is 0.192. The SMILES string of the molecule is Cn1c(CN2CCCC(c3cnccn3)C2)nc2ccccc21. The van der Waals surface area contributed by atoms with Crippen LogP contribution in [-0.4, -0.2) is 37.5 Å². The molecule has 0 spiro atoms. The summed E-state index contributed by atoms with van der Waals surface area (Å²) in [6, 6.07) is 8.32. The summed E-state index contributed by atoms with van der Waals surface area (Å²) in [5.41, 5.74) is 3.39. The molecule has 4 rings (SSSR count). The van der Waals surface area contributed by atoms with Gasteiger partial charge < -0.3 is 4.57 Å². The Bertz CT molecular complexity index is 796. The van der Waals surface area contributed by atoms with Gasteiger partial charge in [0.1, 0.15) is 5.82 Å². The van der Waals surface area contributed by atoms with E-state index < -0.39 is 0 Å². The molecule has 1 aromatic carbocycles. The molecule has 0 radical (unpaired) electrons. The van der Waals surface area contributed by atoms with Crippen LogP contribution in [0.4, 0.5) is 0 Å². The van der Waals surface area contributed by atoms with Crippen molar-refractivity contribution in [2.45, 2.75) is 25.3 Å². The van der Waals surface area contributed by atoms with Crippen LogP contribution in [0.3, 0.4) is 0 Å². The number of piperidine rings is 1. The average Bonchev–Trinajstić information content (AvgIpc) is 2.92. The van der Waals surface area contributed by atoms with Crippen LogP contribution >= 0.6 is 0 Å². The zero-order valence-electron chi connectivity index (χ0n) is 13.4. The van der Waals surface area contributed by atoms with Crippen LogP contribution in [0.5, 0.6) is 0 Å². The lowest BCUT2D eigenvalue weighted by Crippen LogP contribution is -2.35. The molecule has 1 saturated heterocycles. The van der Waals surface area contributed by atoms with Crippen molar-refractivity contribution in [3.8, 4) is 0 Å². The number of imidazole rings is 1. The summed E-state index contributed by atoms with van der Waals surface area (Å²) in [6.07, 6.45) is 7.83. The Labute approximate surface area is 136 Å². The maximum absolute atomic E-state index is 4.80. The van der Waals surface area contributed by atoms with E-state index in [0.717, 1.165) is 36.7 Å². The van der Waals surface area contributed by atoms with E-state index in [9.17, 15) is 0 Å². The molecule has 5 nitrogen and oxygen atoms in total. The lowest BCUT2D eigenvalue weighted by Gasteiger charge is -2.31.